The van der Waals surface area contributed by atoms with Crippen LogP contribution in [-0.4, -0.2) is 48.2 Å². The minimum Gasteiger partial charge on any atom is -0.497 e. The van der Waals surface area contributed by atoms with Gasteiger partial charge in [0.1, 0.15) is 11.5 Å². The number of nitrogens with one attached hydrogen (secondary N) is 1. The van der Waals surface area contributed by atoms with E-state index in [1.54, 1.807) is 38.3 Å². The summed E-state index contributed by atoms with van der Waals surface area (Å²) in [6.45, 7) is 2.07. The molecule has 1 amide bonds. The van der Waals surface area contributed by atoms with Gasteiger partial charge in [0.25, 0.3) is 5.91 Å². The standard InChI is InChI=1S/C14H19NO5S/c1-10(14(18)15-7-8-21-9-13(16)17)20-12-5-3-11(19-2)4-6-12/h3-6,10H,7-9H2,1-2H3,(H,15,18)(H,16,17). The molecule has 0 fully saturated rings. The summed E-state index contributed by atoms with van der Waals surface area (Å²) in [4.78, 5) is 22.1. The number of carbonyl (C=O) groups is 2. The van der Waals surface area contributed by atoms with Gasteiger partial charge in [0.05, 0.1) is 12.9 Å². The van der Waals surface area contributed by atoms with E-state index in [1.165, 1.54) is 11.8 Å². The maximum atomic E-state index is 11.8. The molecule has 0 aliphatic carbocycles. The quantitative estimate of drug-likeness (QED) is 0.670. The smallest absolute Gasteiger partial charge is 0.313 e. The number of benzene rings is 1. The molecular formula is C14H19NO5S. The Hall–Kier alpha value is -1.89. The number of carboxylic acids is 1. The number of hydrogen-bond donors (Lipinski definition) is 2. The highest BCUT2D eigenvalue weighted by atomic mass is 32.2. The van der Waals surface area contributed by atoms with Gasteiger partial charge in [-0.15, -0.1) is 11.8 Å². The number of ether oxygens (including phenoxy) is 2. The minimum absolute atomic E-state index is 0.0355. The predicted octanol–water partition coefficient (Wildman–Crippen LogP) is 1.40. The lowest BCUT2D eigenvalue weighted by molar-refractivity contribution is -0.134. The lowest BCUT2D eigenvalue weighted by Gasteiger charge is -2.14. The van der Waals surface area contributed by atoms with Crippen LogP contribution in [0.1, 0.15) is 6.92 Å². The molecular weight excluding hydrogens is 294 g/mol. The van der Waals surface area contributed by atoms with Crippen LogP contribution in [-0.2, 0) is 9.59 Å². The topological polar surface area (TPSA) is 84.9 Å². The number of carboxylic acid groups (broad SMARTS) is 1. The molecule has 0 saturated heterocycles. The van der Waals surface area contributed by atoms with Crippen molar-refractivity contribution in [1.82, 2.24) is 5.32 Å². The zero-order valence-corrected chi connectivity index (χ0v) is 12.8. The Morgan fingerprint density at radius 3 is 2.48 bits per heavy atom. The van der Waals surface area contributed by atoms with E-state index in [0.29, 0.717) is 18.0 Å². The van der Waals surface area contributed by atoms with Crippen molar-refractivity contribution >= 4 is 23.6 Å². The fourth-order valence-corrected chi connectivity index (χ4v) is 2.03. The predicted molar refractivity (Wildman–Crippen MR) is 81.1 cm³/mol. The molecule has 0 aromatic heterocycles. The summed E-state index contributed by atoms with van der Waals surface area (Å²) in [7, 11) is 1.58. The molecule has 0 aliphatic rings. The first-order valence-electron chi connectivity index (χ1n) is 6.41. The number of hydrogen-bond acceptors (Lipinski definition) is 5. The maximum Gasteiger partial charge on any atom is 0.313 e. The van der Waals surface area contributed by atoms with Gasteiger partial charge in [-0.1, -0.05) is 0 Å². The van der Waals surface area contributed by atoms with Crippen molar-refractivity contribution in [2.45, 2.75) is 13.0 Å². The van der Waals surface area contributed by atoms with Gasteiger partial charge in [-0.05, 0) is 31.2 Å². The second-order valence-corrected chi connectivity index (χ2v) is 5.28. The summed E-state index contributed by atoms with van der Waals surface area (Å²) in [5, 5.41) is 11.2. The first-order chi connectivity index (χ1) is 10.0. The number of methoxy groups -OCH3 is 1. The second kappa shape index (κ2) is 9.12. The SMILES string of the molecule is COc1ccc(OC(C)C(=O)NCCSCC(=O)O)cc1. The second-order valence-electron chi connectivity index (χ2n) is 4.17. The number of amides is 1. The molecule has 1 atom stereocenters. The monoisotopic (exact) mass is 313 g/mol. The molecule has 0 saturated carbocycles. The summed E-state index contributed by atoms with van der Waals surface area (Å²) in [6.07, 6.45) is -0.622. The van der Waals surface area contributed by atoms with Crippen LogP contribution in [0.3, 0.4) is 0 Å². The zero-order valence-electron chi connectivity index (χ0n) is 12.0. The Morgan fingerprint density at radius 2 is 1.90 bits per heavy atom. The van der Waals surface area contributed by atoms with Gasteiger partial charge < -0.3 is 19.9 Å². The molecule has 1 unspecified atom stereocenters. The van der Waals surface area contributed by atoms with Crippen molar-refractivity contribution in [2.75, 3.05) is 25.2 Å². The van der Waals surface area contributed by atoms with Crippen LogP contribution >= 0.6 is 11.8 Å². The van der Waals surface area contributed by atoms with Gasteiger partial charge in [-0.3, -0.25) is 9.59 Å². The van der Waals surface area contributed by atoms with E-state index >= 15 is 0 Å². The van der Waals surface area contributed by atoms with Gasteiger partial charge in [0.15, 0.2) is 6.10 Å². The third-order valence-corrected chi connectivity index (χ3v) is 3.46. The van der Waals surface area contributed by atoms with E-state index in [9.17, 15) is 9.59 Å². The van der Waals surface area contributed by atoms with Gasteiger partial charge >= 0.3 is 5.97 Å². The molecule has 0 radical (unpaired) electrons. The Morgan fingerprint density at radius 1 is 1.29 bits per heavy atom. The molecule has 1 aromatic carbocycles. The molecule has 1 aromatic rings. The molecule has 116 valence electrons. The molecule has 2 N–H and O–H groups in total. The lowest BCUT2D eigenvalue weighted by Crippen LogP contribution is -2.37. The average molecular weight is 313 g/mol. The van der Waals surface area contributed by atoms with Crippen LogP contribution in [0.25, 0.3) is 0 Å². The van der Waals surface area contributed by atoms with Crippen LogP contribution in [0.5, 0.6) is 11.5 Å². The summed E-state index contributed by atoms with van der Waals surface area (Å²) in [6, 6.07) is 6.96. The van der Waals surface area contributed by atoms with Gasteiger partial charge in [-0.25, -0.2) is 0 Å². The summed E-state index contributed by atoms with van der Waals surface area (Å²) in [5.41, 5.74) is 0. The van der Waals surface area contributed by atoms with Crippen molar-refractivity contribution in [3.8, 4) is 11.5 Å². The maximum absolute atomic E-state index is 11.8. The number of thioether (sulfide) groups is 1. The number of rotatable bonds is 9. The summed E-state index contributed by atoms with van der Waals surface area (Å²) < 4.78 is 10.5. The first kappa shape index (κ1) is 17.2. The Labute approximate surface area is 127 Å². The third kappa shape index (κ3) is 6.89. The lowest BCUT2D eigenvalue weighted by atomic mass is 10.3. The van der Waals surface area contributed by atoms with Crippen molar-refractivity contribution in [2.24, 2.45) is 0 Å². The normalized spacial score (nSPS) is 11.5. The van der Waals surface area contributed by atoms with Crippen LogP contribution in [0.4, 0.5) is 0 Å². The van der Waals surface area contributed by atoms with Crippen LogP contribution < -0.4 is 14.8 Å². The molecule has 7 heteroatoms. The van der Waals surface area contributed by atoms with Crippen molar-refractivity contribution in [3.63, 3.8) is 0 Å². The minimum atomic E-state index is -0.859. The Bertz CT molecular complexity index is 463. The Kier molecular flexibility index (Phi) is 7.45. The molecule has 6 nitrogen and oxygen atoms in total. The average Bonchev–Trinajstić information content (AvgIpc) is 2.47. The highest BCUT2D eigenvalue weighted by Crippen LogP contribution is 2.18. The highest BCUT2D eigenvalue weighted by Gasteiger charge is 2.14. The molecule has 0 spiro atoms. The van der Waals surface area contributed by atoms with Crippen LogP contribution in [0.15, 0.2) is 24.3 Å². The molecule has 0 heterocycles. The van der Waals surface area contributed by atoms with E-state index in [2.05, 4.69) is 5.32 Å². The third-order valence-electron chi connectivity index (χ3n) is 2.51. The number of carbonyl (C=O) groups excluding carboxylic acids is 1. The van der Waals surface area contributed by atoms with E-state index in [0.717, 1.165) is 5.75 Å². The molecule has 21 heavy (non-hydrogen) atoms. The van der Waals surface area contributed by atoms with E-state index in [-0.39, 0.29) is 11.7 Å². The zero-order chi connectivity index (χ0) is 15.7. The van der Waals surface area contributed by atoms with E-state index < -0.39 is 12.1 Å². The highest BCUT2D eigenvalue weighted by molar-refractivity contribution is 7.99. The van der Waals surface area contributed by atoms with Crippen LogP contribution in [0.2, 0.25) is 0 Å². The van der Waals surface area contributed by atoms with Gasteiger partial charge in [-0.2, -0.15) is 0 Å². The fraction of sp³-hybridized carbons (Fsp3) is 0.429. The van der Waals surface area contributed by atoms with E-state index in [4.69, 9.17) is 14.6 Å². The van der Waals surface area contributed by atoms with Crippen molar-refractivity contribution in [3.05, 3.63) is 24.3 Å². The summed E-state index contributed by atoms with van der Waals surface area (Å²) in [5.74, 6) is 0.791. The van der Waals surface area contributed by atoms with Crippen molar-refractivity contribution < 1.29 is 24.2 Å². The van der Waals surface area contributed by atoms with Gasteiger partial charge in [0.2, 0.25) is 0 Å². The fourth-order valence-electron chi connectivity index (χ4n) is 1.46. The van der Waals surface area contributed by atoms with E-state index in [1.807, 2.05) is 0 Å². The molecule has 0 bridgehead atoms. The first-order valence-corrected chi connectivity index (χ1v) is 7.56. The summed E-state index contributed by atoms with van der Waals surface area (Å²) >= 11 is 1.25. The Balaban J connectivity index is 2.28. The largest absolute Gasteiger partial charge is 0.497 e. The number of aliphatic carboxylic acids is 1. The van der Waals surface area contributed by atoms with Crippen LogP contribution in [0, 0.1) is 0 Å². The molecule has 0 aliphatic heterocycles. The van der Waals surface area contributed by atoms with Gasteiger partial charge in [0, 0.05) is 12.3 Å². The van der Waals surface area contributed by atoms with Crippen molar-refractivity contribution in [1.29, 1.82) is 0 Å². The molecule has 1 rings (SSSR count).